The Bertz CT molecular complexity index is 777. The van der Waals surface area contributed by atoms with Gasteiger partial charge in [0.15, 0.2) is 0 Å². The molecule has 0 radical (unpaired) electrons. The molecule has 0 bridgehead atoms. The number of carbonyl (C=O) groups excluding carboxylic acids is 1. The highest BCUT2D eigenvalue weighted by Gasteiger charge is 2.38. The molecule has 1 aromatic heterocycles. The Morgan fingerprint density at radius 3 is 2.92 bits per heavy atom. The number of benzene rings is 1. The van der Waals surface area contributed by atoms with E-state index in [0.29, 0.717) is 30.8 Å². The Kier molecular flexibility index (Phi) is 5.18. The van der Waals surface area contributed by atoms with Gasteiger partial charge in [0.05, 0.1) is 11.2 Å². The molecule has 2 saturated heterocycles. The van der Waals surface area contributed by atoms with E-state index < -0.39 is 0 Å². The van der Waals surface area contributed by atoms with Gasteiger partial charge in [-0.3, -0.25) is 14.7 Å². The third-order valence-electron chi connectivity index (χ3n) is 5.87. The van der Waals surface area contributed by atoms with Crippen molar-refractivity contribution in [3.05, 3.63) is 42.1 Å². The number of para-hydroxylation sites is 1. The van der Waals surface area contributed by atoms with Gasteiger partial charge in [-0.05, 0) is 43.9 Å². The molecule has 5 nitrogen and oxygen atoms in total. The molecule has 2 atom stereocenters. The van der Waals surface area contributed by atoms with E-state index in [2.05, 4.69) is 40.1 Å². The maximum atomic E-state index is 12.3. The summed E-state index contributed by atoms with van der Waals surface area (Å²) in [5, 5.41) is 1.19. The average Bonchev–Trinajstić information content (AvgIpc) is 2.67. The number of likely N-dealkylation sites (tertiary alicyclic amines) is 2. The van der Waals surface area contributed by atoms with Crippen molar-refractivity contribution in [2.24, 2.45) is 11.7 Å². The number of aromatic nitrogens is 1. The molecule has 3 heterocycles. The highest BCUT2D eigenvalue weighted by atomic mass is 16.2. The second-order valence-corrected chi connectivity index (χ2v) is 7.61. The monoisotopic (exact) mass is 352 g/mol. The van der Waals surface area contributed by atoms with Crippen LogP contribution in [0.1, 0.15) is 31.4 Å². The predicted molar refractivity (Wildman–Crippen MR) is 104 cm³/mol. The molecule has 2 aromatic rings. The molecule has 0 aliphatic carbocycles. The number of amides is 1. The third kappa shape index (κ3) is 3.60. The molecule has 2 aliphatic rings. The first-order valence-corrected chi connectivity index (χ1v) is 9.81. The fourth-order valence-corrected chi connectivity index (χ4v) is 4.55. The van der Waals surface area contributed by atoms with Crippen LogP contribution in [0, 0.1) is 5.92 Å². The fourth-order valence-electron chi connectivity index (χ4n) is 4.55. The quantitative estimate of drug-likeness (QED) is 0.897. The minimum absolute atomic E-state index is 0.323. The number of nitrogens with two attached hydrogens (primary N) is 1. The zero-order valence-electron chi connectivity index (χ0n) is 15.3. The van der Waals surface area contributed by atoms with E-state index in [0.717, 1.165) is 56.7 Å². The maximum absolute atomic E-state index is 12.3. The van der Waals surface area contributed by atoms with Gasteiger partial charge >= 0.3 is 0 Å². The molecule has 1 amide bonds. The largest absolute Gasteiger partial charge is 0.339 e. The number of hydrogen-bond donors (Lipinski definition) is 1. The molecular formula is C21H28N4O. The molecule has 5 heteroatoms. The van der Waals surface area contributed by atoms with Crippen LogP contribution in [0.4, 0.5) is 0 Å². The van der Waals surface area contributed by atoms with Gasteiger partial charge in [-0.15, -0.1) is 0 Å². The SMILES string of the molecule is NCCCN1C(=O)CC[C@H]2CN(Cc3ccc4ccccc4n3)CC[C@H]21. The number of piperidine rings is 2. The topological polar surface area (TPSA) is 62.5 Å². The van der Waals surface area contributed by atoms with Gasteiger partial charge in [-0.2, -0.15) is 0 Å². The Labute approximate surface area is 155 Å². The summed E-state index contributed by atoms with van der Waals surface area (Å²) in [7, 11) is 0. The minimum Gasteiger partial charge on any atom is -0.339 e. The lowest BCUT2D eigenvalue weighted by atomic mass is 9.83. The van der Waals surface area contributed by atoms with Crippen LogP contribution in [0.3, 0.4) is 0 Å². The first-order valence-electron chi connectivity index (χ1n) is 9.81. The summed E-state index contributed by atoms with van der Waals surface area (Å²) >= 11 is 0. The highest BCUT2D eigenvalue weighted by molar-refractivity contribution is 5.78. The number of hydrogen-bond acceptors (Lipinski definition) is 4. The van der Waals surface area contributed by atoms with Crippen molar-refractivity contribution in [1.29, 1.82) is 0 Å². The zero-order valence-corrected chi connectivity index (χ0v) is 15.3. The molecule has 0 unspecified atom stereocenters. The highest BCUT2D eigenvalue weighted by Crippen LogP contribution is 2.32. The van der Waals surface area contributed by atoms with E-state index in [1.807, 2.05) is 6.07 Å². The normalized spacial score (nSPS) is 24.0. The second kappa shape index (κ2) is 7.72. The molecule has 26 heavy (non-hydrogen) atoms. The molecule has 2 fully saturated rings. The maximum Gasteiger partial charge on any atom is 0.222 e. The summed E-state index contributed by atoms with van der Waals surface area (Å²) in [6.07, 6.45) is 3.67. The van der Waals surface area contributed by atoms with Crippen LogP contribution in [-0.2, 0) is 11.3 Å². The molecular weight excluding hydrogens is 324 g/mol. The third-order valence-corrected chi connectivity index (χ3v) is 5.87. The lowest BCUT2D eigenvalue weighted by Gasteiger charge is -2.47. The first-order chi connectivity index (χ1) is 12.7. The number of pyridine rings is 1. The van der Waals surface area contributed by atoms with Crippen LogP contribution in [-0.4, -0.2) is 52.9 Å². The van der Waals surface area contributed by atoms with E-state index in [1.54, 1.807) is 0 Å². The summed E-state index contributed by atoms with van der Waals surface area (Å²) < 4.78 is 0. The number of nitrogens with zero attached hydrogens (tertiary/aromatic N) is 3. The molecule has 0 spiro atoms. The van der Waals surface area contributed by atoms with Crippen molar-refractivity contribution < 1.29 is 4.79 Å². The molecule has 4 rings (SSSR count). The van der Waals surface area contributed by atoms with Crippen molar-refractivity contribution >= 4 is 16.8 Å². The molecule has 138 valence electrons. The van der Waals surface area contributed by atoms with Gasteiger partial charge in [-0.25, -0.2) is 0 Å². The Morgan fingerprint density at radius 1 is 1.15 bits per heavy atom. The number of fused-ring (bicyclic) bond motifs is 2. The second-order valence-electron chi connectivity index (χ2n) is 7.61. The van der Waals surface area contributed by atoms with E-state index in [1.165, 1.54) is 5.39 Å². The molecule has 2 N–H and O–H groups in total. The smallest absolute Gasteiger partial charge is 0.222 e. The van der Waals surface area contributed by atoms with E-state index in [9.17, 15) is 4.79 Å². The molecule has 1 aromatic carbocycles. The van der Waals surface area contributed by atoms with Crippen molar-refractivity contribution in [1.82, 2.24) is 14.8 Å². The zero-order chi connectivity index (χ0) is 17.9. The number of carbonyl (C=O) groups is 1. The van der Waals surface area contributed by atoms with Crippen molar-refractivity contribution in [3.63, 3.8) is 0 Å². The Balaban J connectivity index is 1.42. The molecule has 2 aliphatic heterocycles. The van der Waals surface area contributed by atoms with Gasteiger partial charge in [0.1, 0.15) is 0 Å². The summed E-state index contributed by atoms with van der Waals surface area (Å²) in [6.45, 7) is 4.46. The molecule has 0 saturated carbocycles. The summed E-state index contributed by atoms with van der Waals surface area (Å²) in [4.78, 5) is 21.8. The van der Waals surface area contributed by atoms with Gasteiger partial charge in [0.2, 0.25) is 5.91 Å². The van der Waals surface area contributed by atoms with Crippen LogP contribution in [0.2, 0.25) is 0 Å². The van der Waals surface area contributed by atoms with Crippen LogP contribution in [0.5, 0.6) is 0 Å². The minimum atomic E-state index is 0.323. The van der Waals surface area contributed by atoms with E-state index >= 15 is 0 Å². The van der Waals surface area contributed by atoms with Gasteiger partial charge < -0.3 is 10.6 Å². The van der Waals surface area contributed by atoms with Crippen molar-refractivity contribution in [2.75, 3.05) is 26.2 Å². The van der Waals surface area contributed by atoms with Crippen molar-refractivity contribution in [2.45, 2.75) is 38.3 Å². The van der Waals surface area contributed by atoms with Crippen molar-refractivity contribution in [3.8, 4) is 0 Å². The summed E-state index contributed by atoms with van der Waals surface area (Å²) in [5.41, 5.74) is 7.85. The lowest BCUT2D eigenvalue weighted by Crippen LogP contribution is -2.56. The first kappa shape index (κ1) is 17.4. The van der Waals surface area contributed by atoms with Gasteiger partial charge in [0.25, 0.3) is 0 Å². The van der Waals surface area contributed by atoms with Crippen LogP contribution in [0.25, 0.3) is 10.9 Å². The van der Waals surface area contributed by atoms with Crippen LogP contribution in [0.15, 0.2) is 36.4 Å². The van der Waals surface area contributed by atoms with Gasteiger partial charge in [0, 0.05) is 44.0 Å². The number of rotatable bonds is 5. The van der Waals surface area contributed by atoms with Gasteiger partial charge in [-0.1, -0.05) is 24.3 Å². The fraction of sp³-hybridized carbons (Fsp3) is 0.524. The van der Waals surface area contributed by atoms with Crippen LogP contribution >= 0.6 is 0 Å². The Morgan fingerprint density at radius 2 is 2.04 bits per heavy atom. The van der Waals surface area contributed by atoms with E-state index in [4.69, 9.17) is 10.7 Å². The average molecular weight is 352 g/mol. The lowest BCUT2D eigenvalue weighted by molar-refractivity contribution is -0.141. The summed E-state index contributed by atoms with van der Waals surface area (Å²) in [6, 6.07) is 13.0. The summed E-state index contributed by atoms with van der Waals surface area (Å²) in [5.74, 6) is 0.907. The standard InChI is InChI=1S/C21H28N4O/c22-11-3-12-25-20-10-13-24(14-17(20)7-9-21(25)26)15-18-8-6-16-4-1-2-5-19(16)23-18/h1-2,4-6,8,17,20H,3,7,9-15,22H2/t17-,20+/m0/s1. The van der Waals surface area contributed by atoms with Crippen LogP contribution < -0.4 is 5.73 Å². The predicted octanol–water partition coefficient (Wildman–Crippen LogP) is 2.40. The Hall–Kier alpha value is -1.98. The van der Waals surface area contributed by atoms with E-state index in [-0.39, 0.29) is 0 Å².